The van der Waals surface area contributed by atoms with Gasteiger partial charge in [0, 0.05) is 17.9 Å². The van der Waals surface area contributed by atoms with Crippen LogP contribution in [-0.4, -0.2) is 15.0 Å². The molecule has 5 nitrogen and oxygen atoms in total. The molecule has 6 heteroatoms. The van der Waals surface area contributed by atoms with E-state index < -0.39 is 10.0 Å². The molecule has 0 aliphatic heterocycles. The Kier molecular flexibility index (Phi) is 4.78. The normalized spacial score (nSPS) is 23.0. The number of nitrogen functional groups attached to an aromatic ring is 1. The van der Waals surface area contributed by atoms with Gasteiger partial charge in [0.25, 0.3) is 0 Å². The SMILES string of the molecule is Cc1c(NCC2CCC(C)CC2)cc(N)cc1S(N)(=O)=O. The molecule has 0 bridgehead atoms. The maximum Gasteiger partial charge on any atom is 0.238 e. The van der Waals surface area contributed by atoms with Crippen LogP contribution in [0.1, 0.15) is 38.2 Å². The van der Waals surface area contributed by atoms with Crippen LogP contribution in [-0.2, 0) is 10.0 Å². The summed E-state index contributed by atoms with van der Waals surface area (Å²) in [5.41, 5.74) is 7.60. The second kappa shape index (κ2) is 6.23. The van der Waals surface area contributed by atoms with E-state index in [-0.39, 0.29) is 4.90 Å². The summed E-state index contributed by atoms with van der Waals surface area (Å²) in [6, 6.07) is 3.19. The van der Waals surface area contributed by atoms with E-state index >= 15 is 0 Å². The van der Waals surface area contributed by atoms with Gasteiger partial charge in [0.2, 0.25) is 10.0 Å². The van der Waals surface area contributed by atoms with Gasteiger partial charge in [-0.2, -0.15) is 0 Å². The van der Waals surface area contributed by atoms with Crippen LogP contribution in [0.15, 0.2) is 17.0 Å². The van der Waals surface area contributed by atoms with Crippen LogP contribution in [0.5, 0.6) is 0 Å². The summed E-state index contributed by atoms with van der Waals surface area (Å²) < 4.78 is 23.2. The van der Waals surface area contributed by atoms with Crippen molar-refractivity contribution in [2.45, 2.75) is 44.4 Å². The highest BCUT2D eigenvalue weighted by molar-refractivity contribution is 7.89. The first-order valence-electron chi connectivity index (χ1n) is 7.44. The van der Waals surface area contributed by atoms with Crippen molar-refractivity contribution in [3.63, 3.8) is 0 Å². The van der Waals surface area contributed by atoms with Gasteiger partial charge in [-0.25, -0.2) is 13.6 Å². The van der Waals surface area contributed by atoms with E-state index in [4.69, 9.17) is 10.9 Å². The van der Waals surface area contributed by atoms with Crippen LogP contribution in [0, 0.1) is 18.8 Å². The zero-order chi connectivity index (χ0) is 15.6. The minimum absolute atomic E-state index is 0.0993. The van der Waals surface area contributed by atoms with Crippen molar-refractivity contribution < 1.29 is 8.42 Å². The number of primary sulfonamides is 1. The van der Waals surface area contributed by atoms with Gasteiger partial charge in [0.15, 0.2) is 0 Å². The monoisotopic (exact) mass is 311 g/mol. The summed E-state index contributed by atoms with van der Waals surface area (Å²) >= 11 is 0. The first kappa shape index (κ1) is 16.1. The number of rotatable bonds is 4. The highest BCUT2D eigenvalue weighted by Gasteiger charge is 2.19. The lowest BCUT2D eigenvalue weighted by molar-refractivity contribution is 0.300. The highest BCUT2D eigenvalue weighted by atomic mass is 32.2. The fraction of sp³-hybridized carbons (Fsp3) is 0.600. The summed E-state index contributed by atoms with van der Waals surface area (Å²) in [5, 5.41) is 8.59. The van der Waals surface area contributed by atoms with Gasteiger partial charge >= 0.3 is 0 Å². The van der Waals surface area contributed by atoms with Gasteiger partial charge in [-0.05, 0) is 49.3 Å². The number of benzene rings is 1. The molecule has 1 fully saturated rings. The van der Waals surface area contributed by atoms with Crippen molar-refractivity contribution in [1.82, 2.24) is 0 Å². The number of hydrogen-bond donors (Lipinski definition) is 3. The zero-order valence-corrected chi connectivity index (χ0v) is 13.5. The number of hydrogen-bond acceptors (Lipinski definition) is 4. The lowest BCUT2D eigenvalue weighted by atomic mass is 9.83. The lowest BCUT2D eigenvalue weighted by Gasteiger charge is -2.27. The predicted octanol–water partition coefficient (Wildman–Crippen LogP) is 2.46. The van der Waals surface area contributed by atoms with Crippen LogP contribution in [0.25, 0.3) is 0 Å². The van der Waals surface area contributed by atoms with Crippen molar-refractivity contribution >= 4 is 21.4 Å². The zero-order valence-electron chi connectivity index (χ0n) is 12.7. The van der Waals surface area contributed by atoms with E-state index in [1.165, 1.54) is 31.7 Å². The molecule has 0 atom stereocenters. The van der Waals surface area contributed by atoms with Crippen LogP contribution < -0.4 is 16.2 Å². The van der Waals surface area contributed by atoms with Gasteiger partial charge in [-0.15, -0.1) is 0 Å². The van der Waals surface area contributed by atoms with Gasteiger partial charge in [-0.3, -0.25) is 0 Å². The highest BCUT2D eigenvalue weighted by Crippen LogP contribution is 2.30. The maximum absolute atomic E-state index is 11.6. The van der Waals surface area contributed by atoms with E-state index in [0.717, 1.165) is 18.2 Å². The molecule has 0 unspecified atom stereocenters. The Bertz CT molecular complexity index is 606. The van der Waals surface area contributed by atoms with Crippen molar-refractivity contribution in [3.8, 4) is 0 Å². The maximum atomic E-state index is 11.6. The van der Waals surface area contributed by atoms with Crippen molar-refractivity contribution in [3.05, 3.63) is 17.7 Å². The molecule has 1 aliphatic rings. The molecule has 0 radical (unpaired) electrons. The van der Waals surface area contributed by atoms with Crippen molar-refractivity contribution in [1.29, 1.82) is 0 Å². The Hall–Kier alpha value is -1.27. The minimum Gasteiger partial charge on any atom is -0.399 e. The van der Waals surface area contributed by atoms with E-state index in [9.17, 15) is 8.42 Å². The second-order valence-electron chi connectivity index (χ2n) is 6.24. The van der Waals surface area contributed by atoms with E-state index in [1.807, 2.05) is 0 Å². The van der Waals surface area contributed by atoms with Crippen molar-refractivity contribution in [2.75, 3.05) is 17.6 Å². The molecule has 1 saturated carbocycles. The number of sulfonamides is 1. The summed E-state index contributed by atoms with van der Waals surface area (Å²) in [4.78, 5) is 0.0993. The Morgan fingerprint density at radius 2 is 1.86 bits per heavy atom. The molecular weight excluding hydrogens is 286 g/mol. The molecule has 118 valence electrons. The van der Waals surface area contributed by atoms with Crippen LogP contribution in [0.3, 0.4) is 0 Å². The molecule has 5 N–H and O–H groups in total. The third-order valence-electron chi connectivity index (χ3n) is 4.41. The summed E-state index contributed by atoms with van der Waals surface area (Å²) in [7, 11) is -3.75. The fourth-order valence-corrected chi connectivity index (χ4v) is 3.81. The van der Waals surface area contributed by atoms with Crippen molar-refractivity contribution in [2.24, 2.45) is 17.0 Å². The first-order valence-corrected chi connectivity index (χ1v) is 8.99. The van der Waals surface area contributed by atoms with Gasteiger partial charge in [0.1, 0.15) is 0 Å². The quantitative estimate of drug-likeness (QED) is 0.744. The average Bonchev–Trinajstić information content (AvgIpc) is 2.40. The molecule has 1 aromatic carbocycles. The van der Waals surface area contributed by atoms with Gasteiger partial charge in [0.05, 0.1) is 4.90 Å². The lowest BCUT2D eigenvalue weighted by Crippen LogP contribution is -2.21. The standard InChI is InChI=1S/C15H25N3O2S/c1-10-3-5-12(6-4-10)9-18-14-7-13(16)8-15(11(14)2)21(17,19)20/h7-8,10,12,18H,3-6,9,16H2,1-2H3,(H2,17,19,20). The van der Waals surface area contributed by atoms with E-state index in [1.54, 1.807) is 13.0 Å². The molecule has 0 aromatic heterocycles. The third kappa shape index (κ3) is 4.11. The van der Waals surface area contributed by atoms with E-state index in [0.29, 0.717) is 17.2 Å². The molecule has 0 amide bonds. The smallest absolute Gasteiger partial charge is 0.238 e. The Morgan fingerprint density at radius 3 is 2.43 bits per heavy atom. The van der Waals surface area contributed by atoms with Gasteiger partial charge < -0.3 is 11.1 Å². The largest absolute Gasteiger partial charge is 0.399 e. The van der Waals surface area contributed by atoms with E-state index in [2.05, 4.69) is 12.2 Å². The molecule has 0 saturated heterocycles. The Labute approximate surface area is 127 Å². The Morgan fingerprint density at radius 1 is 1.24 bits per heavy atom. The third-order valence-corrected chi connectivity index (χ3v) is 5.44. The van der Waals surface area contributed by atoms with Crippen LogP contribution in [0.2, 0.25) is 0 Å². The summed E-state index contributed by atoms with van der Waals surface area (Å²) in [6.45, 7) is 4.90. The fourth-order valence-electron chi connectivity index (χ4n) is 2.98. The van der Waals surface area contributed by atoms with Crippen LogP contribution >= 0.6 is 0 Å². The average molecular weight is 311 g/mol. The Balaban J connectivity index is 2.12. The van der Waals surface area contributed by atoms with Gasteiger partial charge in [-0.1, -0.05) is 19.8 Å². The first-order chi connectivity index (χ1) is 9.77. The minimum atomic E-state index is -3.75. The number of nitrogens with one attached hydrogen (secondary N) is 1. The number of nitrogens with two attached hydrogens (primary N) is 2. The topological polar surface area (TPSA) is 98.2 Å². The van der Waals surface area contributed by atoms with Crippen LogP contribution in [0.4, 0.5) is 11.4 Å². The predicted molar refractivity (Wildman–Crippen MR) is 86.6 cm³/mol. The summed E-state index contributed by atoms with van der Waals surface area (Å²) in [6.07, 6.45) is 4.98. The second-order valence-corrected chi connectivity index (χ2v) is 7.77. The molecule has 0 spiro atoms. The molecule has 21 heavy (non-hydrogen) atoms. The molecule has 0 heterocycles. The molecule has 1 aromatic rings. The number of anilines is 2. The molecule has 1 aliphatic carbocycles. The summed E-state index contributed by atoms with van der Waals surface area (Å²) in [5.74, 6) is 1.46. The molecular formula is C15H25N3O2S. The molecule has 2 rings (SSSR count).